The van der Waals surface area contributed by atoms with E-state index < -0.39 is 5.41 Å². The number of halogens is 1. The first-order chi connectivity index (χ1) is 7.97. The lowest BCUT2D eigenvalue weighted by Crippen LogP contribution is -2.25. The van der Waals surface area contributed by atoms with E-state index in [4.69, 9.17) is 0 Å². The molecule has 3 heteroatoms. The lowest BCUT2D eigenvalue weighted by molar-refractivity contribution is 0.214. The Labute approximate surface area is 111 Å². The third-order valence-electron chi connectivity index (χ3n) is 3.65. The van der Waals surface area contributed by atoms with Crippen LogP contribution >= 0.6 is 15.9 Å². The number of phenols is 1. The van der Waals surface area contributed by atoms with Gasteiger partial charge in [-0.2, -0.15) is 0 Å². The van der Waals surface area contributed by atoms with Crippen LogP contribution in [-0.4, -0.2) is 16.8 Å². The number of rotatable bonds is 2. The average Bonchev–Trinajstić information content (AvgIpc) is 2.30. The molecule has 17 heavy (non-hydrogen) atoms. The molecular formula is C14H19BrO2. The van der Waals surface area contributed by atoms with Gasteiger partial charge in [-0.1, -0.05) is 13.8 Å². The van der Waals surface area contributed by atoms with Gasteiger partial charge in [0.15, 0.2) is 0 Å². The van der Waals surface area contributed by atoms with E-state index in [1.165, 1.54) is 24.0 Å². The van der Waals surface area contributed by atoms with E-state index in [1.807, 2.05) is 19.9 Å². The number of aliphatic hydroxyl groups excluding tert-OH is 1. The second-order valence-electron chi connectivity index (χ2n) is 5.47. The minimum absolute atomic E-state index is 0.0451. The highest BCUT2D eigenvalue weighted by Crippen LogP contribution is 2.42. The van der Waals surface area contributed by atoms with Crippen molar-refractivity contribution in [1.82, 2.24) is 0 Å². The minimum Gasteiger partial charge on any atom is -0.506 e. The van der Waals surface area contributed by atoms with Crippen LogP contribution in [0, 0.1) is 0 Å². The first-order valence-electron chi connectivity index (χ1n) is 6.12. The number of aliphatic hydroxyl groups is 1. The van der Waals surface area contributed by atoms with E-state index in [-0.39, 0.29) is 6.61 Å². The number of aryl methyl sites for hydroxylation is 1. The summed E-state index contributed by atoms with van der Waals surface area (Å²) in [7, 11) is 0. The highest BCUT2D eigenvalue weighted by molar-refractivity contribution is 9.10. The van der Waals surface area contributed by atoms with E-state index in [0.29, 0.717) is 5.75 Å². The van der Waals surface area contributed by atoms with Crippen LogP contribution < -0.4 is 0 Å². The molecule has 1 aliphatic rings. The highest BCUT2D eigenvalue weighted by atomic mass is 79.9. The Hall–Kier alpha value is -0.540. The predicted octanol–water partition coefficient (Wildman–Crippen LogP) is 3.30. The van der Waals surface area contributed by atoms with Gasteiger partial charge in [0.2, 0.25) is 0 Å². The summed E-state index contributed by atoms with van der Waals surface area (Å²) in [6, 6.07) is 2.03. The molecule has 0 amide bonds. The van der Waals surface area contributed by atoms with Gasteiger partial charge in [-0.3, -0.25) is 0 Å². The average molecular weight is 299 g/mol. The van der Waals surface area contributed by atoms with E-state index >= 15 is 0 Å². The van der Waals surface area contributed by atoms with E-state index in [1.54, 1.807) is 0 Å². The number of hydrogen-bond acceptors (Lipinski definition) is 2. The monoisotopic (exact) mass is 298 g/mol. The van der Waals surface area contributed by atoms with Crippen LogP contribution in [0.25, 0.3) is 0 Å². The molecule has 0 saturated carbocycles. The maximum atomic E-state index is 10.3. The van der Waals surface area contributed by atoms with Gasteiger partial charge in [-0.25, -0.2) is 0 Å². The largest absolute Gasteiger partial charge is 0.506 e. The van der Waals surface area contributed by atoms with Gasteiger partial charge in [0, 0.05) is 11.0 Å². The Morgan fingerprint density at radius 1 is 1.29 bits per heavy atom. The zero-order valence-electron chi connectivity index (χ0n) is 10.4. The molecule has 2 nitrogen and oxygen atoms in total. The normalized spacial score (nSPS) is 15.8. The fourth-order valence-corrected chi connectivity index (χ4v) is 3.14. The van der Waals surface area contributed by atoms with Gasteiger partial charge in [0.1, 0.15) is 5.75 Å². The van der Waals surface area contributed by atoms with Crippen molar-refractivity contribution < 1.29 is 10.2 Å². The van der Waals surface area contributed by atoms with Crippen molar-refractivity contribution in [3.8, 4) is 5.75 Å². The van der Waals surface area contributed by atoms with Crippen LogP contribution in [0.1, 0.15) is 43.4 Å². The van der Waals surface area contributed by atoms with Crippen molar-refractivity contribution in [2.75, 3.05) is 6.61 Å². The number of phenolic OH excluding ortho intramolecular Hbond substituents is 1. The summed E-state index contributed by atoms with van der Waals surface area (Å²) in [5, 5.41) is 19.8. The molecule has 0 saturated heterocycles. The summed E-state index contributed by atoms with van der Waals surface area (Å²) < 4.78 is 0.745. The Morgan fingerprint density at radius 2 is 1.94 bits per heavy atom. The molecule has 1 aliphatic carbocycles. The van der Waals surface area contributed by atoms with Gasteiger partial charge in [0.05, 0.1) is 11.1 Å². The van der Waals surface area contributed by atoms with E-state index in [2.05, 4.69) is 15.9 Å². The van der Waals surface area contributed by atoms with Crippen LogP contribution in [0.3, 0.4) is 0 Å². The summed E-state index contributed by atoms with van der Waals surface area (Å²) in [5.41, 5.74) is 3.09. The Balaban J connectivity index is 2.67. The van der Waals surface area contributed by atoms with Crippen LogP contribution in [0.2, 0.25) is 0 Å². The number of hydrogen-bond donors (Lipinski definition) is 2. The first-order valence-corrected chi connectivity index (χ1v) is 6.91. The molecule has 1 aromatic carbocycles. The van der Waals surface area contributed by atoms with E-state index in [9.17, 15) is 10.2 Å². The number of fused-ring (bicyclic) bond motifs is 1. The van der Waals surface area contributed by atoms with Gasteiger partial charge >= 0.3 is 0 Å². The summed E-state index contributed by atoms with van der Waals surface area (Å²) in [5.74, 6) is 0.296. The molecule has 0 bridgehead atoms. The van der Waals surface area contributed by atoms with Crippen molar-refractivity contribution in [1.29, 1.82) is 0 Å². The second-order valence-corrected chi connectivity index (χ2v) is 6.32. The van der Waals surface area contributed by atoms with Crippen molar-refractivity contribution in [2.24, 2.45) is 0 Å². The van der Waals surface area contributed by atoms with Gasteiger partial charge in [0.25, 0.3) is 0 Å². The lowest BCUT2D eigenvalue weighted by Gasteiger charge is -2.30. The molecule has 0 unspecified atom stereocenters. The maximum Gasteiger partial charge on any atom is 0.133 e. The van der Waals surface area contributed by atoms with Crippen LogP contribution in [0.4, 0.5) is 0 Å². The van der Waals surface area contributed by atoms with Crippen molar-refractivity contribution >= 4 is 15.9 Å². The topological polar surface area (TPSA) is 40.5 Å². The Bertz CT molecular complexity index is 438. The van der Waals surface area contributed by atoms with Crippen molar-refractivity contribution in [2.45, 2.75) is 44.9 Å². The molecule has 2 N–H and O–H groups in total. The maximum absolute atomic E-state index is 10.3. The molecule has 0 spiro atoms. The van der Waals surface area contributed by atoms with Gasteiger partial charge < -0.3 is 10.2 Å². The molecule has 0 atom stereocenters. The van der Waals surface area contributed by atoms with Crippen LogP contribution in [-0.2, 0) is 18.3 Å². The van der Waals surface area contributed by atoms with Gasteiger partial charge in [-0.05, 0) is 58.8 Å². The standard InChI is InChI=1S/C14H19BrO2/c1-14(2,8-16)12-10-6-4-3-5-9(10)7-11(15)13(12)17/h7,16-17H,3-6,8H2,1-2H3. The molecule has 0 heterocycles. The van der Waals surface area contributed by atoms with Crippen molar-refractivity contribution in [3.05, 3.63) is 27.2 Å². The number of aromatic hydroxyl groups is 1. The highest BCUT2D eigenvalue weighted by Gasteiger charge is 2.30. The van der Waals surface area contributed by atoms with E-state index in [0.717, 1.165) is 22.9 Å². The Morgan fingerprint density at radius 3 is 2.59 bits per heavy atom. The zero-order valence-corrected chi connectivity index (χ0v) is 12.0. The summed E-state index contributed by atoms with van der Waals surface area (Å²) in [6.07, 6.45) is 4.46. The van der Waals surface area contributed by atoms with Crippen LogP contribution in [0.5, 0.6) is 5.75 Å². The molecule has 0 aliphatic heterocycles. The quantitative estimate of drug-likeness (QED) is 0.879. The predicted molar refractivity (Wildman–Crippen MR) is 72.6 cm³/mol. The molecule has 2 rings (SSSR count). The SMILES string of the molecule is CC(C)(CO)c1c(O)c(Br)cc2c1CCCC2. The molecule has 94 valence electrons. The third kappa shape index (κ3) is 2.23. The fraction of sp³-hybridized carbons (Fsp3) is 0.571. The summed E-state index contributed by atoms with van der Waals surface area (Å²) in [4.78, 5) is 0. The summed E-state index contributed by atoms with van der Waals surface area (Å²) >= 11 is 3.42. The molecule has 0 aromatic heterocycles. The lowest BCUT2D eigenvalue weighted by atomic mass is 9.76. The molecule has 1 aromatic rings. The summed E-state index contributed by atoms with van der Waals surface area (Å²) in [6.45, 7) is 4.00. The smallest absolute Gasteiger partial charge is 0.133 e. The Kier molecular flexibility index (Phi) is 3.50. The second kappa shape index (κ2) is 4.62. The molecule has 0 fully saturated rings. The van der Waals surface area contributed by atoms with Gasteiger partial charge in [-0.15, -0.1) is 0 Å². The van der Waals surface area contributed by atoms with Crippen LogP contribution in [0.15, 0.2) is 10.5 Å². The minimum atomic E-state index is -0.394. The zero-order chi connectivity index (χ0) is 12.6. The fourth-order valence-electron chi connectivity index (χ4n) is 2.67. The number of benzene rings is 1. The van der Waals surface area contributed by atoms with Crippen molar-refractivity contribution in [3.63, 3.8) is 0 Å². The third-order valence-corrected chi connectivity index (χ3v) is 4.25. The molecular weight excluding hydrogens is 280 g/mol. The first kappa shape index (κ1) is 12.9. The molecule has 0 radical (unpaired) electrons.